The molecule has 0 saturated heterocycles. The standard InChI is InChI=1S/C17H14N2O4/c1-2-22-15(20)8-14-12-7-10(9-18)17(21)19-16(12)11-5-3-4-6-13(11)23-14/h3-7,14H,2,8H2,1H3,(H,19,21). The summed E-state index contributed by atoms with van der Waals surface area (Å²) in [5, 5.41) is 9.07. The van der Waals surface area contributed by atoms with Crippen LogP contribution in [0.4, 0.5) is 0 Å². The molecule has 1 aliphatic heterocycles. The molecule has 2 aromatic rings. The molecule has 116 valence electrons. The van der Waals surface area contributed by atoms with E-state index in [-0.39, 0.29) is 18.6 Å². The van der Waals surface area contributed by atoms with Crippen molar-refractivity contribution in [3.63, 3.8) is 0 Å². The highest BCUT2D eigenvalue weighted by Gasteiger charge is 2.29. The zero-order valence-electron chi connectivity index (χ0n) is 12.5. The van der Waals surface area contributed by atoms with Crippen LogP contribution >= 0.6 is 0 Å². The van der Waals surface area contributed by atoms with Gasteiger partial charge in [0, 0.05) is 11.1 Å². The molecule has 0 aliphatic carbocycles. The second-order valence-corrected chi connectivity index (χ2v) is 5.07. The smallest absolute Gasteiger partial charge is 0.309 e. The van der Waals surface area contributed by atoms with Crippen LogP contribution in [0.2, 0.25) is 0 Å². The highest BCUT2D eigenvalue weighted by atomic mass is 16.5. The molecule has 0 fully saturated rings. The lowest BCUT2D eigenvalue weighted by Gasteiger charge is -2.27. The number of benzene rings is 1. The van der Waals surface area contributed by atoms with Crippen LogP contribution in [0.5, 0.6) is 5.75 Å². The molecule has 0 bridgehead atoms. The Balaban J connectivity index is 2.12. The van der Waals surface area contributed by atoms with E-state index in [0.29, 0.717) is 17.0 Å². The second kappa shape index (κ2) is 5.97. The third-order valence-electron chi connectivity index (χ3n) is 3.62. The Labute approximate surface area is 132 Å². The van der Waals surface area contributed by atoms with E-state index in [1.54, 1.807) is 13.0 Å². The van der Waals surface area contributed by atoms with Gasteiger partial charge in [-0.2, -0.15) is 5.26 Å². The molecule has 0 amide bonds. The molecular formula is C17H14N2O4. The van der Waals surface area contributed by atoms with Crippen molar-refractivity contribution in [1.82, 2.24) is 4.98 Å². The molecule has 1 aromatic heterocycles. The predicted molar refractivity (Wildman–Crippen MR) is 81.8 cm³/mol. The van der Waals surface area contributed by atoms with Crippen LogP contribution in [0.25, 0.3) is 11.3 Å². The minimum absolute atomic E-state index is 0.00604. The van der Waals surface area contributed by atoms with E-state index >= 15 is 0 Å². The Morgan fingerprint density at radius 1 is 1.43 bits per heavy atom. The van der Waals surface area contributed by atoms with Gasteiger partial charge in [0.15, 0.2) is 0 Å². The topological polar surface area (TPSA) is 92.2 Å². The van der Waals surface area contributed by atoms with Gasteiger partial charge in [-0.3, -0.25) is 9.59 Å². The van der Waals surface area contributed by atoms with E-state index in [9.17, 15) is 9.59 Å². The molecule has 3 rings (SSSR count). The lowest BCUT2D eigenvalue weighted by molar-refractivity contribution is -0.145. The number of nitriles is 1. The van der Waals surface area contributed by atoms with Crippen LogP contribution in [0.3, 0.4) is 0 Å². The summed E-state index contributed by atoms with van der Waals surface area (Å²) in [6.07, 6.45) is -0.602. The Kier molecular flexibility index (Phi) is 3.85. The van der Waals surface area contributed by atoms with E-state index in [2.05, 4.69) is 4.98 Å². The number of para-hydroxylation sites is 1. The second-order valence-electron chi connectivity index (χ2n) is 5.07. The van der Waals surface area contributed by atoms with Gasteiger partial charge in [0.1, 0.15) is 23.5 Å². The van der Waals surface area contributed by atoms with E-state index in [4.69, 9.17) is 14.7 Å². The lowest BCUT2D eigenvalue weighted by Crippen LogP contribution is -2.23. The number of carbonyl (C=O) groups is 1. The number of hydrogen-bond acceptors (Lipinski definition) is 5. The van der Waals surface area contributed by atoms with Gasteiger partial charge in [-0.1, -0.05) is 12.1 Å². The normalized spacial score (nSPS) is 14.9. The van der Waals surface area contributed by atoms with Crippen LogP contribution in [0.15, 0.2) is 35.1 Å². The number of H-pyrrole nitrogens is 1. The van der Waals surface area contributed by atoms with Crippen LogP contribution in [0.1, 0.15) is 30.6 Å². The molecule has 6 nitrogen and oxygen atoms in total. The molecule has 1 aromatic carbocycles. The summed E-state index contributed by atoms with van der Waals surface area (Å²) >= 11 is 0. The summed E-state index contributed by atoms with van der Waals surface area (Å²) in [5.41, 5.74) is 1.43. The highest BCUT2D eigenvalue weighted by Crippen LogP contribution is 2.41. The van der Waals surface area contributed by atoms with Crippen molar-refractivity contribution in [2.75, 3.05) is 6.61 Å². The minimum Gasteiger partial charge on any atom is -0.484 e. The maximum atomic E-state index is 12.0. The van der Waals surface area contributed by atoms with Gasteiger partial charge in [-0.05, 0) is 25.1 Å². The number of nitrogens with zero attached hydrogens (tertiary/aromatic N) is 1. The minimum atomic E-state index is -0.608. The van der Waals surface area contributed by atoms with Gasteiger partial charge >= 0.3 is 5.97 Å². The molecule has 1 atom stereocenters. The summed E-state index contributed by atoms with van der Waals surface area (Å²) in [4.78, 5) is 26.5. The van der Waals surface area contributed by atoms with Gasteiger partial charge in [0.25, 0.3) is 5.56 Å². The van der Waals surface area contributed by atoms with Crippen LogP contribution in [0, 0.1) is 11.3 Å². The van der Waals surface area contributed by atoms with Gasteiger partial charge in [-0.25, -0.2) is 0 Å². The number of fused-ring (bicyclic) bond motifs is 3. The third-order valence-corrected chi connectivity index (χ3v) is 3.62. The predicted octanol–water partition coefficient (Wildman–Crippen LogP) is 2.30. The number of rotatable bonds is 3. The highest BCUT2D eigenvalue weighted by molar-refractivity contribution is 5.76. The fraction of sp³-hybridized carbons (Fsp3) is 0.235. The first kappa shape index (κ1) is 14.9. The average molecular weight is 310 g/mol. The Hall–Kier alpha value is -3.07. The Bertz CT molecular complexity index is 864. The number of carbonyl (C=O) groups excluding carboxylic acids is 1. The first-order valence-electron chi connectivity index (χ1n) is 7.23. The maximum Gasteiger partial charge on any atom is 0.309 e. The molecule has 0 spiro atoms. The summed E-state index contributed by atoms with van der Waals surface area (Å²) in [7, 11) is 0. The molecule has 1 unspecified atom stereocenters. The molecular weight excluding hydrogens is 296 g/mol. The number of nitrogens with one attached hydrogen (secondary N) is 1. The molecule has 0 saturated carbocycles. The maximum absolute atomic E-state index is 12.0. The number of aromatic nitrogens is 1. The van der Waals surface area contributed by atoms with E-state index < -0.39 is 17.6 Å². The van der Waals surface area contributed by atoms with Crippen molar-refractivity contribution in [3.8, 4) is 23.1 Å². The third kappa shape index (κ3) is 2.69. The van der Waals surface area contributed by atoms with E-state index in [1.807, 2.05) is 24.3 Å². The van der Waals surface area contributed by atoms with E-state index in [1.165, 1.54) is 6.07 Å². The number of ether oxygens (including phenoxy) is 2. The summed E-state index contributed by atoms with van der Waals surface area (Å²) in [6.45, 7) is 2.01. The summed E-state index contributed by atoms with van der Waals surface area (Å²) in [6, 6.07) is 10.6. The number of aromatic amines is 1. The van der Waals surface area contributed by atoms with E-state index in [0.717, 1.165) is 5.56 Å². The molecule has 1 N–H and O–H groups in total. The average Bonchev–Trinajstić information content (AvgIpc) is 2.54. The zero-order valence-corrected chi connectivity index (χ0v) is 12.5. The fourth-order valence-electron chi connectivity index (χ4n) is 2.62. The number of pyridine rings is 1. The summed E-state index contributed by atoms with van der Waals surface area (Å²) < 4.78 is 10.9. The van der Waals surface area contributed by atoms with Crippen molar-refractivity contribution >= 4 is 5.97 Å². The first-order chi connectivity index (χ1) is 11.1. The van der Waals surface area contributed by atoms with Gasteiger partial charge < -0.3 is 14.5 Å². The van der Waals surface area contributed by atoms with Crippen molar-refractivity contribution in [1.29, 1.82) is 5.26 Å². The number of hydrogen-bond donors (Lipinski definition) is 1. The molecule has 23 heavy (non-hydrogen) atoms. The van der Waals surface area contributed by atoms with Crippen molar-refractivity contribution in [2.45, 2.75) is 19.4 Å². The molecule has 1 aliphatic rings. The van der Waals surface area contributed by atoms with Crippen LogP contribution < -0.4 is 10.3 Å². The summed E-state index contributed by atoms with van der Waals surface area (Å²) in [5.74, 6) is 0.183. The molecule has 6 heteroatoms. The fourth-order valence-corrected chi connectivity index (χ4v) is 2.62. The molecule has 2 heterocycles. The lowest BCUT2D eigenvalue weighted by atomic mass is 9.95. The van der Waals surface area contributed by atoms with Crippen molar-refractivity contribution in [2.24, 2.45) is 0 Å². The van der Waals surface area contributed by atoms with Crippen LogP contribution in [-0.2, 0) is 9.53 Å². The Morgan fingerprint density at radius 3 is 2.96 bits per heavy atom. The van der Waals surface area contributed by atoms with Gasteiger partial charge in [0.2, 0.25) is 0 Å². The van der Waals surface area contributed by atoms with Gasteiger partial charge in [-0.15, -0.1) is 0 Å². The Morgan fingerprint density at radius 2 is 2.22 bits per heavy atom. The van der Waals surface area contributed by atoms with Crippen molar-refractivity contribution < 1.29 is 14.3 Å². The molecule has 0 radical (unpaired) electrons. The monoisotopic (exact) mass is 310 g/mol. The van der Waals surface area contributed by atoms with Crippen molar-refractivity contribution in [3.05, 3.63) is 51.8 Å². The van der Waals surface area contributed by atoms with Gasteiger partial charge in [0.05, 0.1) is 18.7 Å². The van der Waals surface area contributed by atoms with Crippen LogP contribution in [-0.4, -0.2) is 17.6 Å². The largest absolute Gasteiger partial charge is 0.484 e. The first-order valence-corrected chi connectivity index (χ1v) is 7.23. The SMILES string of the molecule is CCOC(=O)CC1Oc2ccccc2-c2[nH]c(=O)c(C#N)cc21. The number of esters is 1. The quantitative estimate of drug-likeness (QED) is 0.878. The zero-order chi connectivity index (χ0) is 16.4.